The lowest BCUT2D eigenvalue weighted by Crippen LogP contribution is -2.16. The van der Waals surface area contributed by atoms with E-state index in [1.54, 1.807) is 18.3 Å². The Morgan fingerprint density at radius 2 is 2.20 bits per heavy atom. The summed E-state index contributed by atoms with van der Waals surface area (Å²) >= 11 is 5.78. The van der Waals surface area contributed by atoms with Crippen LogP contribution in [0.5, 0.6) is 0 Å². The van der Waals surface area contributed by atoms with Crippen molar-refractivity contribution in [1.29, 1.82) is 0 Å². The van der Waals surface area contributed by atoms with Crippen LogP contribution in [-0.4, -0.2) is 17.4 Å². The highest BCUT2D eigenvalue weighted by Gasteiger charge is 2.14. The molecule has 0 aliphatic heterocycles. The van der Waals surface area contributed by atoms with E-state index < -0.39 is 11.7 Å². The Morgan fingerprint density at radius 1 is 1.40 bits per heavy atom. The van der Waals surface area contributed by atoms with Crippen LogP contribution in [0.25, 0.3) is 0 Å². The number of rotatable bonds is 4. The van der Waals surface area contributed by atoms with Crippen molar-refractivity contribution in [1.82, 2.24) is 4.98 Å². The van der Waals surface area contributed by atoms with E-state index >= 15 is 0 Å². The summed E-state index contributed by atoms with van der Waals surface area (Å²) in [5.41, 5.74) is 0.377. The van der Waals surface area contributed by atoms with Crippen molar-refractivity contribution in [2.75, 3.05) is 17.2 Å². The first-order chi connectivity index (χ1) is 9.61. The molecule has 0 aliphatic carbocycles. The molecule has 0 saturated heterocycles. The summed E-state index contributed by atoms with van der Waals surface area (Å²) in [6.45, 7) is 2.52. The number of benzene rings is 1. The lowest BCUT2D eigenvalue weighted by molar-refractivity contribution is 0.102. The van der Waals surface area contributed by atoms with E-state index in [-0.39, 0.29) is 5.69 Å². The van der Waals surface area contributed by atoms with E-state index in [4.69, 9.17) is 11.6 Å². The molecular formula is C14H13ClFN3O. The van der Waals surface area contributed by atoms with Gasteiger partial charge in [-0.1, -0.05) is 11.6 Å². The number of nitrogens with zero attached hydrogens (tertiary/aromatic N) is 1. The maximum atomic E-state index is 13.6. The summed E-state index contributed by atoms with van der Waals surface area (Å²) in [5.74, 6) is -0.540. The van der Waals surface area contributed by atoms with Crippen molar-refractivity contribution >= 4 is 29.0 Å². The van der Waals surface area contributed by atoms with Gasteiger partial charge in [-0.05, 0) is 37.3 Å². The molecule has 6 heteroatoms. The summed E-state index contributed by atoms with van der Waals surface area (Å²) in [5, 5.41) is 5.81. The maximum absolute atomic E-state index is 13.6. The van der Waals surface area contributed by atoms with Crippen LogP contribution in [0.2, 0.25) is 5.02 Å². The fourth-order valence-corrected chi connectivity index (χ4v) is 1.85. The third kappa shape index (κ3) is 3.24. The van der Waals surface area contributed by atoms with Crippen LogP contribution in [-0.2, 0) is 0 Å². The van der Waals surface area contributed by atoms with Gasteiger partial charge in [0.1, 0.15) is 11.6 Å². The Hall–Kier alpha value is -2.14. The molecule has 2 N–H and O–H groups in total. The van der Waals surface area contributed by atoms with Gasteiger partial charge < -0.3 is 10.6 Å². The number of aromatic nitrogens is 1. The van der Waals surface area contributed by atoms with Gasteiger partial charge in [0.25, 0.3) is 5.91 Å². The molecule has 0 bridgehead atoms. The van der Waals surface area contributed by atoms with Gasteiger partial charge in [0.15, 0.2) is 0 Å². The van der Waals surface area contributed by atoms with E-state index in [0.717, 1.165) is 0 Å². The van der Waals surface area contributed by atoms with Crippen molar-refractivity contribution in [3.63, 3.8) is 0 Å². The molecule has 1 aromatic carbocycles. The van der Waals surface area contributed by atoms with Gasteiger partial charge in [-0.15, -0.1) is 0 Å². The molecule has 1 heterocycles. The van der Waals surface area contributed by atoms with Crippen LogP contribution in [0.15, 0.2) is 36.5 Å². The van der Waals surface area contributed by atoms with Gasteiger partial charge in [0.2, 0.25) is 0 Å². The minimum absolute atomic E-state index is 0.0359. The molecule has 104 valence electrons. The van der Waals surface area contributed by atoms with Crippen LogP contribution < -0.4 is 10.6 Å². The van der Waals surface area contributed by atoms with Gasteiger partial charge in [-0.25, -0.2) is 9.37 Å². The number of nitrogens with one attached hydrogen (secondary N) is 2. The second-order valence-corrected chi connectivity index (χ2v) is 4.44. The van der Waals surface area contributed by atoms with Crippen LogP contribution in [0.1, 0.15) is 17.3 Å². The van der Waals surface area contributed by atoms with E-state index in [1.165, 1.54) is 18.2 Å². The standard InChI is InChI=1S/C14H13ClFN3O/c1-2-17-13-10(4-3-7-18-13)14(20)19-12-8-9(15)5-6-11(12)16/h3-8H,2H2,1H3,(H,17,18)(H,19,20). The Labute approximate surface area is 121 Å². The van der Waals surface area contributed by atoms with Gasteiger partial charge in [0, 0.05) is 17.8 Å². The molecule has 0 radical (unpaired) electrons. The highest BCUT2D eigenvalue weighted by Crippen LogP contribution is 2.21. The predicted octanol–water partition coefficient (Wildman–Crippen LogP) is 3.56. The first kappa shape index (κ1) is 14.3. The van der Waals surface area contributed by atoms with E-state index in [1.807, 2.05) is 6.92 Å². The van der Waals surface area contributed by atoms with Crippen molar-refractivity contribution in [2.45, 2.75) is 6.92 Å². The molecule has 20 heavy (non-hydrogen) atoms. The normalized spacial score (nSPS) is 10.2. The Bertz CT molecular complexity index is 634. The lowest BCUT2D eigenvalue weighted by atomic mass is 10.2. The van der Waals surface area contributed by atoms with Crippen LogP contribution in [0.4, 0.5) is 15.9 Å². The predicted molar refractivity (Wildman–Crippen MR) is 77.8 cm³/mol. The molecule has 0 spiro atoms. The highest BCUT2D eigenvalue weighted by molar-refractivity contribution is 6.31. The third-order valence-electron chi connectivity index (χ3n) is 2.57. The molecule has 0 saturated carbocycles. The van der Waals surface area contributed by atoms with E-state index in [2.05, 4.69) is 15.6 Å². The monoisotopic (exact) mass is 293 g/mol. The number of anilines is 2. The van der Waals surface area contributed by atoms with Crippen molar-refractivity contribution < 1.29 is 9.18 Å². The zero-order valence-corrected chi connectivity index (χ0v) is 11.5. The van der Waals surface area contributed by atoms with Crippen molar-refractivity contribution in [3.8, 4) is 0 Å². The first-order valence-electron chi connectivity index (χ1n) is 6.07. The fourth-order valence-electron chi connectivity index (χ4n) is 1.68. The minimum Gasteiger partial charge on any atom is -0.370 e. The number of carbonyl (C=O) groups excluding carboxylic acids is 1. The average molecular weight is 294 g/mol. The van der Waals surface area contributed by atoms with Crippen molar-refractivity contribution in [2.24, 2.45) is 0 Å². The third-order valence-corrected chi connectivity index (χ3v) is 2.81. The Balaban J connectivity index is 2.26. The van der Waals surface area contributed by atoms with Gasteiger partial charge in [-0.3, -0.25) is 4.79 Å². The number of hydrogen-bond acceptors (Lipinski definition) is 3. The molecule has 4 nitrogen and oxygen atoms in total. The minimum atomic E-state index is -0.545. The second-order valence-electron chi connectivity index (χ2n) is 4.01. The maximum Gasteiger partial charge on any atom is 0.259 e. The molecule has 0 unspecified atom stereocenters. The smallest absolute Gasteiger partial charge is 0.259 e. The number of amides is 1. The number of pyridine rings is 1. The topological polar surface area (TPSA) is 54.0 Å². The quantitative estimate of drug-likeness (QED) is 0.906. The van der Waals surface area contributed by atoms with Gasteiger partial charge in [0.05, 0.1) is 11.3 Å². The molecule has 0 atom stereocenters. The highest BCUT2D eigenvalue weighted by atomic mass is 35.5. The van der Waals surface area contributed by atoms with E-state index in [0.29, 0.717) is 22.9 Å². The SMILES string of the molecule is CCNc1ncccc1C(=O)Nc1cc(Cl)ccc1F. The molecule has 1 amide bonds. The van der Waals surface area contributed by atoms with Crippen molar-refractivity contribution in [3.05, 3.63) is 52.9 Å². The van der Waals surface area contributed by atoms with Crippen LogP contribution in [0, 0.1) is 5.82 Å². The first-order valence-corrected chi connectivity index (χ1v) is 6.45. The van der Waals surface area contributed by atoms with Crippen LogP contribution >= 0.6 is 11.6 Å². The van der Waals surface area contributed by atoms with Gasteiger partial charge in [-0.2, -0.15) is 0 Å². The summed E-state index contributed by atoms with van der Waals surface area (Å²) in [6, 6.07) is 7.23. The largest absolute Gasteiger partial charge is 0.370 e. The molecule has 1 aromatic heterocycles. The summed E-state index contributed by atoms with van der Waals surface area (Å²) in [7, 11) is 0. The zero-order chi connectivity index (χ0) is 14.5. The Kier molecular flexibility index (Phi) is 4.53. The molecule has 2 aromatic rings. The summed E-state index contributed by atoms with van der Waals surface area (Å²) in [6.07, 6.45) is 1.58. The number of hydrogen-bond donors (Lipinski definition) is 2. The number of halogens is 2. The lowest BCUT2D eigenvalue weighted by Gasteiger charge is -2.10. The van der Waals surface area contributed by atoms with E-state index in [9.17, 15) is 9.18 Å². The molecule has 0 fully saturated rings. The average Bonchev–Trinajstić information content (AvgIpc) is 2.44. The zero-order valence-electron chi connectivity index (χ0n) is 10.8. The number of carbonyl (C=O) groups is 1. The second kappa shape index (κ2) is 6.34. The molecule has 2 rings (SSSR count). The Morgan fingerprint density at radius 3 is 2.95 bits per heavy atom. The molecule has 0 aliphatic rings. The molecular weight excluding hydrogens is 281 g/mol. The summed E-state index contributed by atoms with van der Waals surface area (Å²) < 4.78 is 13.6. The fraction of sp³-hybridized carbons (Fsp3) is 0.143. The van der Waals surface area contributed by atoms with Gasteiger partial charge >= 0.3 is 0 Å². The van der Waals surface area contributed by atoms with Crippen LogP contribution in [0.3, 0.4) is 0 Å². The summed E-state index contributed by atoms with van der Waals surface area (Å²) in [4.78, 5) is 16.3.